The van der Waals surface area contributed by atoms with Gasteiger partial charge in [-0.3, -0.25) is 14.8 Å². The van der Waals surface area contributed by atoms with Crippen LogP contribution < -0.4 is 11.1 Å². The number of nitrogens with one attached hydrogen (secondary N) is 1. The van der Waals surface area contributed by atoms with Crippen molar-refractivity contribution in [2.45, 2.75) is 0 Å². The van der Waals surface area contributed by atoms with Crippen molar-refractivity contribution in [1.29, 1.82) is 0 Å². The molecule has 96 valence electrons. The van der Waals surface area contributed by atoms with E-state index in [0.29, 0.717) is 5.56 Å². The number of nitrogens with two attached hydrogens (primary N) is 1. The fourth-order valence-electron chi connectivity index (χ4n) is 1.34. The topological polar surface area (TPSA) is 80.9 Å². The van der Waals surface area contributed by atoms with E-state index in [4.69, 9.17) is 18.0 Å². The quantitative estimate of drug-likeness (QED) is 0.830. The van der Waals surface area contributed by atoms with Gasteiger partial charge in [-0.25, -0.2) is 4.39 Å². The number of nitrogens with zero attached hydrogens (tertiary/aromatic N) is 2. The molecule has 0 spiro atoms. The molecule has 0 aliphatic rings. The normalized spacial score (nSPS) is 9.95. The summed E-state index contributed by atoms with van der Waals surface area (Å²) < 4.78 is 13.3. The second kappa shape index (κ2) is 5.49. The van der Waals surface area contributed by atoms with Gasteiger partial charge in [0, 0.05) is 18.0 Å². The van der Waals surface area contributed by atoms with Crippen LogP contribution in [0.4, 0.5) is 10.1 Å². The number of anilines is 1. The van der Waals surface area contributed by atoms with E-state index in [9.17, 15) is 9.18 Å². The summed E-state index contributed by atoms with van der Waals surface area (Å²) in [6, 6.07) is 4.40. The highest BCUT2D eigenvalue weighted by atomic mass is 32.1. The van der Waals surface area contributed by atoms with E-state index >= 15 is 0 Å². The van der Waals surface area contributed by atoms with Crippen LogP contribution >= 0.6 is 12.2 Å². The Morgan fingerprint density at radius 3 is 2.68 bits per heavy atom. The molecule has 19 heavy (non-hydrogen) atoms. The molecular weight excluding hydrogens is 267 g/mol. The molecule has 0 aliphatic carbocycles. The monoisotopic (exact) mass is 276 g/mol. The van der Waals surface area contributed by atoms with Gasteiger partial charge in [0.15, 0.2) is 5.82 Å². The molecule has 0 unspecified atom stereocenters. The van der Waals surface area contributed by atoms with E-state index in [0.717, 1.165) is 6.20 Å². The molecule has 5 nitrogen and oxygen atoms in total. The van der Waals surface area contributed by atoms with Crippen molar-refractivity contribution >= 4 is 28.8 Å². The van der Waals surface area contributed by atoms with Gasteiger partial charge in [0.05, 0.1) is 11.9 Å². The van der Waals surface area contributed by atoms with Crippen molar-refractivity contribution < 1.29 is 9.18 Å². The molecule has 0 aliphatic heterocycles. The van der Waals surface area contributed by atoms with Gasteiger partial charge < -0.3 is 11.1 Å². The maximum atomic E-state index is 13.3. The van der Waals surface area contributed by atoms with E-state index in [-0.39, 0.29) is 16.4 Å². The van der Waals surface area contributed by atoms with Crippen molar-refractivity contribution in [2.24, 2.45) is 5.73 Å². The molecule has 2 heterocycles. The minimum atomic E-state index is -0.615. The number of carbonyl (C=O) groups is 1. The van der Waals surface area contributed by atoms with Crippen molar-refractivity contribution in [3.05, 3.63) is 53.9 Å². The minimum absolute atomic E-state index is 0.0419. The summed E-state index contributed by atoms with van der Waals surface area (Å²) in [4.78, 5) is 19.5. The Labute approximate surface area is 113 Å². The average molecular weight is 276 g/mol. The molecule has 2 rings (SSSR count). The molecule has 2 aromatic rings. The lowest BCUT2D eigenvalue weighted by atomic mass is 10.2. The number of aromatic nitrogens is 2. The van der Waals surface area contributed by atoms with Gasteiger partial charge in [-0.2, -0.15) is 0 Å². The number of thiocarbonyl (C=S) groups is 1. The molecule has 0 aromatic carbocycles. The zero-order valence-electron chi connectivity index (χ0n) is 9.63. The number of amides is 1. The Kier molecular flexibility index (Phi) is 3.76. The zero-order chi connectivity index (χ0) is 13.8. The van der Waals surface area contributed by atoms with Crippen molar-refractivity contribution in [3.8, 4) is 0 Å². The van der Waals surface area contributed by atoms with E-state index < -0.39 is 11.7 Å². The maximum absolute atomic E-state index is 13.3. The first-order chi connectivity index (χ1) is 9.08. The lowest BCUT2D eigenvalue weighted by Gasteiger charge is -2.05. The zero-order valence-corrected chi connectivity index (χ0v) is 10.4. The van der Waals surface area contributed by atoms with Crippen LogP contribution in [-0.2, 0) is 0 Å². The predicted octanol–water partition coefficient (Wildman–Crippen LogP) is 1.50. The SMILES string of the molecule is NC(=S)c1ccc(C(=O)Nc2ccncc2F)nc1. The van der Waals surface area contributed by atoms with Crippen LogP contribution in [0.1, 0.15) is 16.1 Å². The molecular formula is C12H9FN4OS. The molecule has 0 saturated carbocycles. The predicted molar refractivity (Wildman–Crippen MR) is 72.3 cm³/mol. The lowest BCUT2D eigenvalue weighted by Crippen LogP contribution is -2.16. The second-order valence-electron chi connectivity index (χ2n) is 3.61. The molecule has 3 N–H and O–H groups in total. The van der Waals surface area contributed by atoms with Crippen LogP contribution in [0.25, 0.3) is 0 Å². The molecule has 1 amide bonds. The van der Waals surface area contributed by atoms with Crippen molar-refractivity contribution in [2.75, 3.05) is 5.32 Å². The first-order valence-corrected chi connectivity index (χ1v) is 5.65. The third-order valence-electron chi connectivity index (χ3n) is 2.30. The summed E-state index contributed by atoms with van der Waals surface area (Å²) in [5.41, 5.74) is 6.15. The van der Waals surface area contributed by atoms with E-state index in [1.165, 1.54) is 24.5 Å². The fourth-order valence-corrected chi connectivity index (χ4v) is 1.46. The summed E-state index contributed by atoms with van der Waals surface area (Å²) in [6.45, 7) is 0. The highest BCUT2D eigenvalue weighted by Crippen LogP contribution is 2.12. The largest absolute Gasteiger partial charge is 0.389 e. The third-order valence-corrected chi connectivity index (χ3v) is 2.54. The van der Waals surface area contributed by atoms with E-state index in [1.54, 1.807) is 6.07 Å². The van der Waals surface area contributed by atoms with Crippen LogP contribution in [0, 0.1) is 5.82 Å². The van der Waals surface area contributed by atoms with Gasteiger partial charge >= 0.3 is 0 Å². The lowest BCUT2D eigenvalue weighted by molar-refractivity contribution is 0.102. The van der Waals surface area contributed by atoms with Crippen LogP contribution in [0.15, 0.2) is 36.8 Å². The van der Waals surface area contributed by atoms with Crippen LogP contribution in [0.5, 0.6) is 0 Å². The Morgan fingerprint density at radius 1 is 1.32 bits per heavy atom. The minimum Gasteiger partial charge on any atom is -0.389 e. The average Bonchev–Trinajstić information content (AvgIpc) is 2.41. The van der Waals surface area contributed by atoms with Crippen molar-refractivity contribution in [3.63, 3.8) is 0 Å². The van der Waals surface area contributed by atoms with Gasteiger partial charge in [0.25, 0.3) is 5.91 Å². The highest BCUT2D eigenvalue weighted by Gasteiger charge is 2.10. The van der Waals surface area contributed by atoms with Crippen molar-refractivity contribution in [1.82, 2.24) is 9.97 Å². The van der Waals surface area contributed by atoms with E-state index in [1.807, 2.05) is 0 Å². The van der Waals surface area contributed by atoms with Gasteiger partial charge in [-0.1, -0.05) is 12.2 Å². The van der Waals surface area contributed by atoms with Gasteiger partial charge in [0.1, 0.15) is 10.7 Å². The number of pyridine rings is 2. The fraction of sp³-hybridized carbons (Fsp3) is 0. The van der Waals surface area contributed by atoms with Crippen LogP contribution in [-0.4, -0.2) is 20.9 Å². The van der Waals surface area contributed by atoms with Gasteiger partial charge in [0.2, 0.25) is 0 Å². The number of rotatable bonds is 3. The summed E-state index contributed by atoms with van der Waals surface area (Å²) in [5.74, 6) is -1.14. The summed E-state index contributed by atoms with van der Waals surface area (Å²) >= 11 is 4.77. The van der Waals surface area contributed by atoms with Gasteiger partial charge in [-0.15, -0.1) is 0 Å². The third kappa shape index (κ3) is 3.08. The Bertz CT molecular complexity index is 630. The first kappa shape index (κ1) is 13.0. The number of carbonyl (C=O) groups excluding carboxylic acids is 1. The number of hydrogen-bond acceptors (Lipinski definition) is 4. The standard InChI is InChI=1S/C12H9FN4OS/c13-8-6-15-4-3-9(8)17-12(18)10-2-1-7(5-16-10)11(14)19/h1-6H,(H2,14,19)(H,15,17,18). The molecule has 0 bridgehead atoms. The number of hydrogen-bond donors (Lipinski definition) is 2. The molecule has 2 aromatic heterocycles. The molecule has 0 saturated heterocycles. The van der Waals surface area contributed by atoms with Gasteiger partial charge in [-0.05, 0) is 18.2 Å². The maximum Gasteiger partial charge on any atom is 0.274 e. The Hall–Kier alpha value is -2.41. The Morgan fingerprint density at radius 2 is 2.11 bits per heavy atom. The number of halogens is 1. The second-order valence-corrected chi connectivity index (χ2v) is 4.05. The molecule has 0 radical (unpaired) electrons. The Balaban J connectivity index is 2.16. The molecule has 0 atom stereocenters. The van der Waals surface area contributed by atoms with Crippen LogP contribution in [0.2, 0.25) is 0 Å². The molecule has 7 heteroatoms. The van der Waals surface area contributed by atoms with Crippen LogP contribution in [0.3, 0.4) is 0 Å². The molecule has 0 fully saturated rings. The highest BCUT2D eigenvalue weighted by molar-refractivity contribution is 7.80. The smallest absolute Gasteiger partial charge is 0.274 e. The van der Waals surface area contributed by atoms with E-state index in [2.05, 4.69) is 15.3 Å². The first-order valence-electron chi connectivity index (χ1n) is 5.24. The summed E-state index contributed by atoms with van der Waals surface area (Å²) in [5, 5.41) is 2.39. The summed E-state index contributed by atoms with van der Waals surface area (Å²) in [7, 11) is 0. The summed E-state index contributed by atoms with van der Waals surface area (Å²) in [6.07, 6.45) is 3.78.